The summed E-state index contributed by atoms with van der Waals surface area (Å²) in [6, 6.07) is 10.0. The van der Waals surface area contributed by atoms with E-state index in [0.717, 1.165) is 0 Å². The molecular formula is C18H16N2O5. The molecule has 0 atom stereocenters. The molecule has 0 unspecified atom stereocenters. The molecule has 0 aliphatic heterocycles. The molecule has 0 radical (unpaired) electrons. The van der Waals surface area contributed by atoms with Gasteiger partial charge in [-0.15, -0.1) is 0 Å². The Morgan fingerprint density at radius 1 is 0.920 bits per heavy atom. The topological polar surface area (TPSA) is 141 Å². The third-order valence-electron chi connectivity index (χ3n) is 3.19. The molecule has 7 nitrogen and oxygen atoms in total. The van der Waals surface area contributed by atoms with Crippen LogP contribution in [0.2, 0.25) is 0 Å². The Labute approximate surface area is 143 Å². The molecule has 0 aliphatic rings. The highest BCUT2D eigenvalue weighted by Gasteiger charge is 2.09. The van der Waals surface area contributed by atoms with Crippen LogP contribution in [0.5, 0.6) is 11.5 Å². The van der Waals surface area contributed by atoms with Gasteiger partial charge < -0.3 is 15.9 Å². The lowest BCUT2D eigenvalue weighted by atomic mass is 10.1. The number of carbonyl (C=O) groups is 3. The molecular weight excluding hydrogens is 324 g/mol. The number of amides is 1. The van der Waals surface area contributed by atoms with Gasteiger partial charge in [0.15, 0.2) is 11.6 Å². The second-order valence-corrected chi connectivity index (χ2v) is 5.05. The second-order valence-electron chi connectivity index (χ2n) is 5.05. The van der Waals surface area contributed by atoms with Gasteiger partial charge in [0, 0.05) is 11.1 Å². The number of nitrogens with zero attached hydrogens (tertiary/aromatic N) is 1. The Morgan fingerprint density at radius 3 is 1.88 bits per heavy atom. The number of nitrogens with two attached hydrogens (primary N) is 1. The van der Waals surface area contributed by atoms with Crippen LogP contribution in [0.1, 0.15) is 50.5 Å². The van der Waals surface area contributed by atoms with Gasteiger partial charge in [0.05, 0.1) is 11.1 Å². The second kappa shape index (κ2) is 8.26. The number of phenolic OH excluding ortho intramolecular Hbond substituents is 1. The number of ketones is 2. The summed E-state index contributed by atoms with van der Waals surface area (Å²) in [6.45, 7) is 2.78. The molecule has 128 valence electrons. The van der Waals surface area contributed by atoms with Crippen LogP contribution in [0.4, 0.5) is 0 Å². The van der Waals surface area contributed by atoms with Crippen molar-refractivity contribution in [3.05, 3.63) is 58.7 Å². The van der Waals surface area contributed by atoms with Crippen LogP contribution < -0.4 is 5.73 Å². The van der Waals surface area contributed by atoms with Gasteiger partial charge in [-0.3, -0.25) is 14.4 Å². The van der Waals surface area contributed by atoms with Crippen LogP contribution in [0.15, 0.2) is 36.4 Å². The fraction of sp³-hybridized carbons (Fsp3) is 0.111. The minimum atomic E-state index is -0.749. The van der Waals surface area contributed by atoms with Gasteiger partial charge in [0.2, 0.25) is 0 Å². The Balaban J connectivity index is 0.000000251. The van der Waals surface area contributed by atoms with Crippen LogP contribution >= 0.6 is 0 Å². The smallest absolute Gasteiger partial charge is 0.252 e. The average molecular weight is 340 g/mol. The SMILES string of the molecule is CC(=O)c1ccc(C#N)c(O)c1.CC(=O)c1ccc(O)c(C(N)=O)c1. The molecule has 25 heavy (non-hydrogen) atoms. The highest BCUT2D eigenvalue weighted by Crippen LogP contribution is 2.18. The summed E-state index contributed by atoms with van der Waals surface area (Å²) >= 11 is 0. The van der Waals surface area contributed by atoms with Crippen molar-refractivity contribution in [1.29, 1.82) is 5.26 Å². The van der Waals surface area contributed by atoms with E-state index >= 15 is 0 Å². The van der Waals surface area contributed by atoms with E-state index in [1.54, 1.807) is 6.07 Å². The minimum absolute atomic E-state index is 0.0345. The van der Waals surface area contributed by atoms with Gasteiger partial charge in [-0.1, -0.05) is 0 Å². The van der Waals surface area contributed by atoms with Crippen LogP contribution in [-0.2, 0) is 0 Å². The van der Waals surface area contributed by atoms with Gasteiger partial charge in [0.25, 0.3) is 5.91 Å². The quantitative estimate of drug-likeness (QED) is 0.731. The molecule has 0 heterocycles. The Morgan fingerprint density at radius 2 is 1.44 bits per heavy atom. The first-order chi connectivity index (χ1) is 11.7. The number of primary amides is 1. The normalized spacial score (nSPS) is 9.32. The number of benzene rings is 2. The van der Waals surface area contributed by atoms with Gasteiger partial charge in [-0.05, 0) is 50.2 Å². The summed E-state index contributed by atoms with van der Waals surface area (Å²) in [5.41, 5.74) is 5.88. The maximum atomic E-state index is 10.9. The molecule has 1 amide bonds. The fourth-order valence-corrected chi connectivity index (χ4v) is 1.80. The van der Waals surface area contributed by atoms with Crippen molar-refractivity contribution >= 4 is 17.5 Å². The zero-order valence-electron chi connectivity index (χ0n) is 13.6. The molecule has 0 spiro atoms. The van der Waals surface area contributed by atoms with E-state index in [0.29, 0.717) is 11.1 Å². The lowest BCUT2D eigenvalue weighted by Gasteiger charge is -2.01. The van der Waals surface area contributed by atoms with E-state index in [-0.39, 0.29) is 34.2 Å². The molecule has 2 aromatic rings. The van der Waals surface area contributed by atoms with Crippen molar-refractivity contribution in [2.24, 2.45) is 5.73 Å². The van der Waals surface area contributed by atoms with Crippen molar-refractivity contribution in [3.63, 3.8) is 0 Å². The first-order valence-electron chi connectivity index (χ1n) is 7.05. The predicted molar refractivity (Wildman–Crippen MR) is 89.5 cm³/mol. The number of nitriles is 1. The molecule has 2 rings (SSSR count). The van der Waals surface area contributed by atoms with Gasteiger partial charge in [-0.2, -0.15) is 5.26 Å². The maximum Gasteiger partial charge on any atom is 0.252 e. The minimum Gasteiger partial charge on any atom is -0.507 e. The van der Waals surface area contributed by atoms with Gasteiger partial charge >= 0.3 is 0 Å². The zero-order valence-corrected chi connectivity index (χ0v) is 13.6. The maximum absolute atomic E-state index is 10.9. The molecule has 0 aliphatic carbocycles. The summed E-state index contributed by atoms with van der Waals surface area (Å²) in [7, 11) is 0. The highest BCUT2D eigenvalue weighted by atomic mass is 16.3. The van der Waals surface area contributed by atoms with Crippen molar-refractivity contribution < 1.29 is 24.6 Å². The fourth-order valence-electron chi connectivity index (χ4n) is 1.80. The molecule has 0 bridgehead atoms. The standard InChI is InChI=1S/C9H9NO3.C9H7NO2/c1-5(11)6-2-3-8(12)7(4-6)9(10)13;1-6(11)7-2-3-8(5-10)9(12)4-7/h2-4,12H,1H3,(H2,10,13);2-4,12H,1H3. The van der Waals surface area contributed by atoms with Gasteiger partial charge in [0.1, 0.15) is 17.6 Å². The van der Waals surface area contributed by atoms with Crippen LogP contribution in [-0.4, -0.2) is 27.7 Å². The first-order valence-corrected chi connectivity index (χ1v) is 7.05. The molecule has 0 saturated heterocycles. The van der Waals surface area contributed by atoms with Crippen LogP contribution in [0.25, 0.3) is 0 Å². The summed E-state index contributed by atoms with van der Waals surface area (Å²) in [5.74, 6) is -1.42. The van der Waals surface area contributed by atoms with E-state index in [1.807, 2.05) is 0 Å². The number of aromatic hydroxyl groups is 2. The number of phenols is 2. The highest BCUT2D eigenvalue weighted by molar-refractivity contribution is 6.00. The first kappa shape index (κ1) is 19.4. The molecule has 4 N–H and O–H groups in total. The third-order valence-corrected chi connectivity index (χ3v) is 3.19. The van der Waals surface area contributed by atoms with Crippen LogP contribution in [0.3, 0.4) is 0 Å². The summed E-state index contributed by atoms with van der Waals surface area (Å²) < 4.78 is 0. The summed E-state index contributed by atoms with van der Waals surface area (Å²) in [5, 5.41) is 26.8. The number of hydrogen-bond donors (Lipinski definition) is 3. The van der Waals surface area contributed by atoms with E-state index in [1.165, 1.54) is 50.2 Å². The van der Waals surface area contributed by atoms with Gasteiger partial charge in [-0.25, -0.2) is 0 Å². The lowest BCUT2D eigenvalue weighted by Crippen LogP contribution is -2.12. The van der Waals surface area contributed by atoms with E-state index in [9.17, 15) is 19.5 Å². The zero-order chi connectivity index (χ0) is 19.1. The molecule has 0 aromatic heterocycles. The molecule has 7 heteroatoms. The monoisotopic (exact) mass is 340 g/mol. The third kappa shape index (κ3) is 5.18. The van der Waals surface area contributed by atoms with E-state index in [4.69, 9.17) is 16.1 Å². The molecule has 2 aromatic carbocycles. The Kier molecular flexibility index (Phi) is 6.41. The van der Waals surface area contributed by atoms with Crippen LogP contribution in [0, 0.1) is 11.3 Å². The summed E-state index contributed by atoms with van der Waals surface area (Å²) in [6.07, 6.45) is 0. The molecule has 0 saturated carbocycles. The van der Waals surface area contributed by atoms with Crippen molar-refractivity contribution in [1.82, 2.24) is 0 Å². The Hall–Kier alpha value is -3.66. The Bertz CT molecular complexity index is 882. The number of carbonyl (C=O) groups excluding carboxylic acids is 3. The average Bonchev–Trinajstić information content (AvgIpc) is 2.55. The van der Waals surface area contributed by atoms with E-state index in [2.05, 4.69) is 0 Å². The van der Waals surface area contributed by atoms with Crippen molar-refractivity contribution in [2.45, 2.75) is 13.8 Å². The van der Waals surface area contributed by atoms with E-state index < -0.39 is 5.91 Å². The largest absolute Gasteiger partial charge is 0.507 e. The van der Waals surface area contributed by atoms with Crippen molar-refractivity contribution in [2.75, 3.05) is 0 Å². The van der Waals surface area contributed by atoms with Crippen molar-refractivity contribution in [3.8, 4) is 17.6 Å². The summed E-state index contributed by atoms with van der Waals surface area (Å²) in [4.78, 5) is 32.4. The predicted octanol–water partition coefficient (Wildman–Crippen LogP) is 2.16. The lowest BCUT2D eigenvalue weighted by molar-refractivity contribution is 0.0993. The number of Topliss-reactive ketones (excluding diaryl/α,β-unsaturated/α-hetero) is 2. The molecule has 0 fully saturated rings. The number of rotatable bonds is 3. The number of hydrogen-bond acceptors (Lipinski definition) is 6.